The predicted molar refractivity (Wildman–Crippen MR) is 139 cm³/mol. The minimum Gasteiger partial charge on any atom is -0.477 e. The zero-order valence-corrected chi connectivity index (χ0v) is 22.2. The van der Waals surface area contributed by atoms with E-state index in [1.807, 2.05) is 0 Å². The van der Waals surface area contributed by atoms with Crippen LogP contribution in [0.2, 0.25) is 0 Å². The lowest BCUT2D eigenvalue weighted by Crippen LogP contribution is -2.47. The fourth-order valence-electron chi connectivity index (χ4n) is 5.54. The number of ether oxygens (including phenoxy) is 1. The molecule has 3 fully saturated rings. The molecule has 39 heavy (non-hydrogen) atoms. The van der Waals surface area contributed by atoms with Crippen LogP contribution in [-0.2, 0) is 4.79 Å². The number of aromatic carboxylic acids is 1. The Bertz CT molecular complexity index is 1250. The maximum Gasteiger partial charge on any atom is 0.405 e. The molecule has 208 valence electrons. The molecule has 3 saturated carbocycles. The molecule has 1 amide bonds. The van der Waals surface area contributed by atoms with Crippen LogP contribution in [0.25, 0.3) is 0 Å². The zero-order chi connectivity index (χ0) is 27.6. The normalized spacial score (nSPS) is 22.8. The summed E-state index contributed by atoms with van der Waals surface area (Å²) in [6.45, 7) is 0. The van der Waals surface area contributed by atoms with Gasteiger partial charge in [0.2, 0.25) is 11.8 Å². The molecule has 7 nitrogen and oxygen atoms in total. The quantitative estimate of drug-likeness (QED) is 0.420. The van der Waals surface area contributed by atoms with E-state index in [9.17, 15) is 27.9 Å². The van der Waals surface area contributed by atoms with Gasteiger partial charge in [0.05, 0.1) is 10.6 Å². The molecule has 0 aliphatic heterocycles. The average Bonchev–Trinajstić information content (AvgIpc) is 3.63. The summed E-state index contributed by atoms with van der Waals surface area (Å²) in [5.41, 5.74) is -1.77. The zero-order valence-electron chi connectivity index (χ0n) is 21.4. The summed E-state index contributed by atoms with van der Waals surface area (Å²) in [5, 5.41) is 10.0. The van der Waals surface area contributed by atoms with E-state index in [0.717, 1.165) is 43.4 Å². The van der Waals surface area contributed by atoms with E-state index in [2.05, 4.69) is 21.8 Å². The molecule has 0 saturated heterocycles. The van der Waals surface area contributed by atoms with E-state index in [-0.39, 0.29) is 52.3 Å². The number of carbonyl (C=O) groups is 2. The number of nitrogens with zero attached hydrogens (tertiary/aromatic N) is 3. The van der Waals surface area contributed by atoms with Crippen molar-refractivity contribution in [3.05, 3.63) is 34.4 Å². The number of carbonyl (C=O) groups excluding carboxylic acids is 1. The Kier molecular flexibility index (Phi) is 7.85. The van der Waals surface area contributed by atoms with Gasteiger partial charge in [-0.15, -0.1) is 11.3 Å². The van der Waals surface area contributed by atoms with E-state index >= 15 is 0 Å². The molecule has 1 N–H and O–H groups in total. The van der Waals surface area contributed by atoms with Gasteiger partial charge in [-0.05, 0) is 57.4 Å². The number of hydrogen-bond donors (Lipinski definition) is 1. The fourth-order valence-corrected chi connectivity index (χ4v) is 6.38. The standard InChI is InChI=1S/C28H30F3N3O4S/c29-28(30,31)27(13-14-27)12-10-21-16-22(24(39-21)26(36)37)34(25(35)18-4-2-1-3-5-18)19-6-8-20(9-7-19)38-23-11-15-32-17-33-23/h11,15-20H,1-9,13-14H2,(H,36,37)/t19-,20-. The summed E-state index contributed by atoms with van der Waals surface area (Å²) in [5.74, 6) is 3.90. The van der Waals surface area contributed by atoms with Gasteiger partial charge >= 0.3 is 12.1 Å². The molecule has 0 radical (unpaired) electrons. The summed E-state index contributed by atoms with van der Waals surface area (Å²) in [6, 6.07) is 2.93. The van der Waals surface area contributed by atoms with Crippen molar-refractivity contribution >= 4 is 28.9 Å². The van der Waals surface area contributed by atoms with Gasteiger partial charge in [-0.25, -0.2) is 14.8 Å². The Labute approximate surface area is 228 Å². The number of anilines is 1. The van der Waals surface area contributed by atoms with Gasteiger partial charge in [0.1, 0.15) is 22.7 Å². The van der Waals surface area contributed by atoms with Crippen molar-refractivity contribution in [2.75, 3.05) is 4.90 Å². The number of rotatable bonds is 6. The van der Waals surface area contributed by atoms with Crippen molar-refractivity contribution in [1.29, 1.82) is 0 Å². The number of hydrogen-bond acceptors (Lipinski definition) is 6. The van der Waals surface area contributed by atoms with Gasteiger partial charge in [-0.1, -0.05) is 31.1 Å². The van der Waals surface area contributed by atoms with Gasteiger partial charge in [0.15, 0.2) is 0 Å². The lowest BCUT2D eigenvalue weighted by atomic mass is 9.86. The molecule has 0 bridgehead atoms. The van der Waals surface area contributed by atoms with Crippen LogP contribution in [-0.4, -0.2) is 45.3 Å². The second kappa shape index (κ2) is 11.2. The number of amides is 1. The third kappa shape index (κ3) is 6.06. The molecular formula is C28H30F3N3O4S. The number of alkyl halides is 3. The van der Waals surface area contributed by atoms with E-state index in [4.69, 9.17) is 4.74 Å². The van der Waals surface area contributed by atoms with E-state index in [0.29, 0.717) is 31.6 Å². The summed E-state index contributed by atoms with van der Waals surface area (Å²) in [7, 11) is 0. The van der Waals surface area contributed by atoms with Crippen molar-refractivity contribution in [2.24, 2.45) is 11.3 Å². The third-order valence-electron chi connectivity index (χ3n) is 7.93. The SMILES string of the molecule is O=C(O)c1sc(C#CC2(C(F)(F)F)CC2)cc1N(C(=O)C1CCCCC1)[C@H]1CC[C@H](Oc2ccncn2)CC1. The van der Waals surface area contributed by atoms with Crippen LogP contribution in [0, 0.1) is 23.2 Å². The average molecular weight is 562 g/mol. The van der Waals surface area contributed by atoms with Crippen molar-refractivity contribution in [1.82, 2.24) is 9.97 Å². The molecule has 0 aromatic carbocycles. The number of aromatic nitrogens is 2. The summed E-state index contributed by atoms with van der Waals surface area (Å²) < 4.78 is 46.2. The van der Waals surface area contributed by atoms with Gasteiger partial charge in [0.25, 0.3) is 0 Å². The van der Waals surface area contributed by atoms with Gasteiger partial charge in [0, 0.05) is 24.2 Å². The maximum atomic E-state index is 13.9. The predicted octanol–water partition coefficient (Wildman–Crippen LogP) is 6.23. The van der Waals surface area contributed by atoms with Crippen molar-refractivity contribution in [3.8, 4) is 17.7 Å². The minimum atomic E-state index is -4.43. The summed E-state index contributed by atoms with van der Waals surface area (Å²) in [6.07, 6.45) is 5.31. The molecule has 11 heteroatoms. The Hall–Kier alpha value is -3.13. The second-order valence-electron chi connectivity index (χ2n) is 10.6. The highest BCUT2D eigenvalue weighted by Gasteiger charge is 2.62. The van der Waals surface area contributed by atoms with Gasteiger partial charge in [-0.2, -0.15) is 13.2 Å². The summed E-state index contributed by atoms with van der Waals surface area (Å²) in [4.78, 5) is 36.0. The first-order valence-corrected chi connectivity index (χ1v) is 14.2. The monoisotopic (exact) mass is 561 g/mol. The number of carboxylic acid groups (broad SMARTS) is 1. The van der Waals surface area contributed by atoms with Gasteiger partial charge < -0.3 is 14.7 Å². The van der Waals surface area contributed by atoms with Crippen LogP contribution < -0.4 is 9.64 Å². The number of halogens is 3. The van der Waals surface area contributed by atoms with Gasteiger partial charge in [-0.3, -0.25) is 4.79 Å². The Morgan fingerprint density at radius 2 is 1.82 bits per heavy atom. The third-order valence-corrected chi connectivity index (χ3v) is 8.95. The summed E-state index contributed by atoms with van der Waals surface area (Å²) >= 11 is 0.832. The number of thiophene rings is 1. The van der Waals surface area contributed by atoms with Crippen molar-refractivity contribution in [3.63, 3.8) is 0 Å². The molecule has 3 aliphatic rings. The molecule has 0 atom stereocenters. The fraction of sp³-hybridized carbons (Fsp3) is 0.571. The first-order chi connectivity index (χ1) is 18.7. The van der Waals surface area contributed by atoms with Crippen LogP contribution >= 0.6 is 11.3 Å². The van der Waals surface area contributed by atoms with E-state index < -0.39 is 17.6 Å². The van der Waals surface area contributed by atoms with Crippen LogP contribution in [0.4, 0.5) is 18.9 Å². The highest BCUT2D eigenvalue weighted by Crippen LogP contribution is 2.57. The smallest absolute Gasteiger partial charge is 0.405 e. The second-order valence-corrected chi connectivity index (χ2v) is 11.7. The topological polar surface area (TPSA) is 92.6 Å². The highest BCUT2D eigenvalue weighted by molar-refractivity contribution is 7.15. The molecule has 2 aromatic heterocycles. The van der Waals surface area contributed by atoms with Crippen LogP contribution in [0.15, 0.2) is 24.7 Å². The molecule has 5 rings (SSSR count). The first-order valence-electron chi connectivity index (χ1n) is 13.4. The number of carboxylic acids is 1. The Balaban J connectivity index is 1.42. The van der Waals surface area contributed by atoms with Crippen molar-refractivity contribution in [2.45, 2.75) is 89.0 Å². The largest absolute Gasteiger partial charge is 0.477 e. The van der Waals surface area contributed by atoms with Crippen molar-refractivity contribution < 1.29 is 32.6 Å². The molecule has 0 spiro atoms. The molecule has 3 aliphatic carbocycles. The highest BCUT2D eigenvalue weighted by atomic mass is 32.1. The first kappa shape index (κ1) is 27.4. The van der Waals surface area contributed by atoms with E-state index in [1.54, 1.807) is 17.2 Å². The molecule has 2 aromatic rings. The molecular weight excluding hydrogens is 531 g/mol. The molecule has 2 heterocycles. The van der Waals surface area contributed by atoms with E-state index in [1.165, 1.54) is 12.4 Å². The van der Waals surface area contributed by atoms with Crippen LogP contribution in [0.3, 0.4) is 0 Å². The Morgan fingerprint density at radius 3 is 2.41 bits per heavy atom. The maximum absolute atomic E-state index is 13.9. The minimum absolute atomic E-state index is 0.0554. The lowest BCUT2D eigenvalue weighted by molar-refractivity contribution is -0.168. The lowest BCUT2D eigenvalue weighted by Gasteiger charge is -2.39. The Morgan fingerprint density at radius 1 is 1.10 bits per heavy atom. The van der Waals surface area contributed by atoms with Crippen LogP contribution in [0.1, 0.15) is 85.2 Å². The van der Waals surface area contributed by atoms with Crippen LogP contribution in [0.5, 0.6) is 5.88 Å². The molecule has 0 unspecified atom stereocenters.